The van der Waals surface area contributed by atoms with Crippen molar-refractivity contribution >= 4 is 11.1 Å². The van der Waals surface area contributed by atoms with Crippen molar-refractivity contribution in [1.82, 2.24) is 10.3 Å². The summed E-state index contributed by atoms with van der Waals surface area (Å²) in [6, 6.07) is 6.73. The second-order valence-electron chi connectivity index (χ2n) is 5.34. The van der Waals surface area contributed by atoms with Crippen molar-refractivity contribution in [1.29, 1.82) is 0 Å². The van der Waals surface area contributed by atoms with Gasteiger partial charge in [0.05, 0.1) is 5.52 Å². The summed E-state index contributed by atoms with van der Waals surface area (Å²) in [6.45, 7) is 0.796. The Morgan fingerprint density at radius 3 is 2.89 bits per heavy atom. The summed E-state index contributed by atoms with van der Waals surface area (Å²) >= 11 is 0. The van der Waals surface area contributed by atoms with Crippen LogP contribution in [0, 0.1) is 0 Å². The van der Waals surface area contributed by atoms with Crippen molar-refractivity contribution in [2.45, 2.75) is 44.3 Å². The van der Waals surface area contributed by atoms with E-state index in [1.54, 1.807) is 0 Å². The van der Waals surface area contributed by atoms with Crippen molar-refractivity contribution < 1.29 is 4.42 Å². The third-order valence-corrected chi connectivity index (χ3v) is 3.85. The van der Waals surface area contributed by atoms with E-state index < -0.39 is 5.76 Å². The first-order valence-corrected chi connectivity index (χ1v) is 6.81. The Hall–Kier alpha value is -1.59. The Kier molecular flexibility index (Phi) is 3.40. The standard InChI is InChI=1S/C14H19N3O2/c15-10-2-4-11(5-3-10)16-8-9-1-6-12-13(7-9)19-14(18)17-12/h1,6-7,10-11,16H,2-5,8,15H2,(H,17,18). The number of nitrogens with two attached hydrogens (primary N) is 1. The number of benzene rings is 1. The molecule has 3 rings (SSSR count). The molecule has 2 aromatic rings. The topological polar surface area (TPSA) is 84.0 Å². The molecular formula is C14H19N3O2. The molecule has 1 fully saturated rings. The van der Waals surface area contributed by atoms with Crippen LogP contribution in [0.15, 0.2) is 27.4 Å². The monoisotopic (exact) mass is 261 g/mol. The van der Waals surface area contributed by atoms with Crippen molar-refractivity contribution in [3.8, 4) is 0 Å². The van der Waals surface area contributed by atoms with Gasteiger partial charge in [0.15, 0.2) is 5.58 Å². The molecule has 102 valence electrons. The molecule has 0 amide bonds. The molecule has 5 nitrogen and oxygen atoms in total. The molecular weight excluding hydrogens is 242 g/mol. The van der Waals surface area contributed by atoms with E-state index in [9.17, 15) is 4.79 Å². The Morgan fingerprint density at radius 1 is 1.32 bits per heavy atom. The minimum atomic E-state index is -0.402. The van der Waals surface area contributed by atoms with Crippen molar-refractivity contribution in [2.24, 2.45) is 5.73 Å². The van der Waals surface area contributed by atoms with Gasteiger partial charge in [-0.25, -0.2) is 4.79 Å². The lowest BCUT2D eigenvalue weighted by Crippen LogP contribution is -2.36. The number of oxazole rings is 1. The van der Waals surface area contributed by atoms with Gasteiger partial charge in [-0.15, -0.1) is 0 Å². The third kappa shape index (κ3) is 2.88. The molecule has 5 heteroatoms. The van der Waals surface area contributed by atoms with Gasteiger partial charge in [0.1, 0.15) is 0 Å². The van der Waals surface area contributed by atoms with E-state index >= 15 is 0 Å². The average Bonchev–Trinajstić information content (AvgIpc) is 2.77. The van der Waals surface area contributed by atoms with Crippen LogP contribution >= 0.6 is 0 Å². The van der Waals surface area contributed by atoms with Gasteiger partial charge in [0, 0.05) is 18.6 Å². The van der Waals surface area contributed by atoms with Gasteiger partial charge >= 0.3 is 5.76 Å². The van der Waals surface area contributed by atoms with Gasteiger partial charge in [0.25, 0.3) is 0 Å². The van der Waals surface area contributed by atoms with E-state index in [2.05, 4.69) is 10.3 Å². The fourth-order valence-electron chi connectivity index (χ4n) is 2.69. The van der Waals surface area contributed by atoms with E-state index in [0.29, 0.717) is 17.7 Å². The molecule has 4 N–H and O–H groups in total. The van der Waals surface area contributed by atoms with E-state index in [-0.39, 0.29) is 0 Å². The summed E-state index contributed by atoms with van der Waals surface area (Å²) in [7, 11) is 0. The summed E-state index contributed by atoms with van der Waals surface area (Å²) in [4.78, 5) is 13.7. The predicted molar refractivity (Wildman–Crippen MR) is 73.9 cm³/mol. The Labute approximate surface area is 111 Å². The molecule has 0 unspecified atom stereocenters. The smallest absolute Gasteiger partial charge is 0.408 e. The van der Waals surface area contributed by atoms with Crippen LogP contribution in [0.2, 0.25) is 0 Å². The molecule has 0 spiro atoms. The quantitative estimate of drug-likeness (QED) is 0.781. The van der Waals surface area contributed by atoms with Crippen LogP contribution < -0.4 is 16.8 Å². The maximum atomic E-state index is 11.1. The molecule has 0 aliphatic heterocycles. The molecule has 0 atom stereocenters. The maximum Gasteiger partial charge on any atom is 0.417 e. The normalized spacial score (nSPS) is 23.8. The highest BCUT2D eigenvalue weighted by atomic mass is 16.4. The molecule has 1 aliphatic rings. The number of nitrogens with one attached hydrogen (secondary N) is 2. The molecule has 1 aromatic heterocycles. The second-order valence-corrected chi connectivity index (χ2v) is 5.34. The van der Waals surface area contributed by atoms with Gasteiger partial charge < -0.3 is 15.5 Å². The number of H-pyrrole nitrogens is 1. The van der Waals surface area contributed by atoms with Crippen molar-refractivity contribution in [3.05, 3.63) is 34.3 Å². The number of fused-ring (bicyclic) bond motifs is 1. The van der Waals surface area contributed by atoms with Crippen molar-refractivity contribution in [2.75, 3.05) is 0 Å². The summed E-state index contributed by atoms with van der Waals surface area (Å²) < 4.78 is 5.06. The first-order chi connectivity index (χ1) is 9.20. The van der Waals surface area contributed by atoms with Crippen LogP contribution in [-0.4, -0.2) is 17.1 Å². The Morgan fingerprint density at radius 2 is 2.11 bits per heavy atom. The van der Waals surface area contributed by atoms with Crippen molar-refractivity contribution in [3.63, 3.8) is 0 Å². The second kappa shape index (κ2) is 5.19. The van der Waals surface area contributed by atoms with Crippen LogP contribution in [0.4, 0.5) is 0 Å². The van der Waals surface area contributed by atoms with E-state index in [1.165, 1.54) is 0 Å². The fourth-order valence-corrected chi connectivity index (χ4v) is 2.69. The van der Waals surface area contributed by atoms with Gasteiger partial charge in [-0.2, -0.15) is 0 Å². The van der Waals surface area contributed by atoms with E-state index in [1.807, 2.05) is 18.2 Å². The first kappa shape index (κ1) is 12.4. The van der Waals surface area contributed by atoms with Crippen LogP contribution in [-0.2, 0) is 6.54 Å². The number of rotatable bonds is 3. The SMILES string of the molecule is NC1CCC(NCc2ccc3[nH]c(=O)oc3c2)CC1. The minimum absolute atomic E-state index is 0.378. The minimum Gasteiger partial charge on any atom is -0.408 e. The molecule has 1 aliphatic carbocycles. The van der Waals surface area contributed by atoms with Crippen LogP contribution in [0.25, 0.3) is 11.1 Å². The first-order valence-electron chi connectivity index (χ1n) is 6.81. The molecule has 1 aromatic carbocycles. The zero-order valence-electron chi connectivity index (χ0n) is 10.8. The number of hydrogen-bond acceptors (Lipinski definition) is 4. The maximum absolute atomic E-state index is 11.1. The van der Waals surface area contributed by atoms with Gasteiger partial charge in [-0.05, 0) is 43.4 Å². The zero-order valence-corrected chi connectivity index (χ0v) is 10.8. The van der Waals surface area contributed by atoms with Crippen LogP contribution in [0.3, 0.4) is 0 Å². The van der Waals surface area contributed by atoms with Gasteiger partial charge in [-0.1, -0.05) is 6.07 Å². The summed E-state index contributed by atoms with van der Waals surface area (Å²) in [6.07, 6.45) is 4.48. The molecule has 0 saturated heterocycles. The average molecular weight is 261 g/mol. The highest BCUT2D eigenvalue weighted by Gasteiger charge is 2.17. The molecule has 1 saturated carbocycles. The zero-order chi connectivity index (χ0) is 13.2. The summed E-state index contributed by atoms with van der Waals surface area (Å²) in [5.74, 6) is -0.402. The molecule has 0 bridgehead atoms. The van der Waals surface area contributed by atoms with Crippen LogP contribution in [0.1, 0.15) is 31.2 Å². The van der Waals surface area contributed by atoms with E-state index in [0.717, 1.165) is 43.3 Å². The lowest BCUT2D eigenvalue weighted by molar-refractivity contribution is 0.342. The Bertz CT molecular complexity index is 608. The number of aromatic nitrogens is 1. The third-order valence-electron chi connectivity index (χ3n) is 3.85. The molecule has 19 heavy (non-hydrogen) atoms. The highest BCUT2D eigenvalue weighted by Crippen LogP contribution is 2.18. The van der Waals surface area contributed by atoms with Crippen LogP contribution in [0.5, 0.6) is 0 Å². The molecule has 1 heterocycles. The fraction of sp³-hybridized carbons (Fsp3) is 0.500. The van der Waals surface area contributed by atoms with Gasteiger partial charge in [0.2, 0.25) is 0 Å². The lowest BCUT2D eigenvalue weighted by atomic mass is 9.92. The number of hydrogen-bond donors (Lipinski definition) is 3. The Balaban J connectivity index is 1.63. The summed E-state index contributed by atoms with van der Waals surface area (Å²) in [5.41, 5.74) is 8.39. The highest BCUT2D eigenvalue weighted by molar-refractivity contribution is 5.72. The largest absolute Gasteiger partial charge is 0.417 e. The lowest BCUT2D eigenvalue weighted by Gasteiger charge is -2.26. The molecule has 0 radical (unpaired) electrons. The summed E-state index contributed by atoms with van der Waals surface area (Å²) in [5, 5.41) is 3.54. The predicted octanol–water partition coefficient (Wildman–Crippen LogP) is 1.48. The van der Waals surface area contributed by atoms with E-state index in [4.69, 9.17) is 10.2 Å². The van der Waals surface area contributed by atoms with Gasteiger partial charge in [-0.3, -0.25) is 4.98 Å². The number of aromatic amines is 1.